The minimum Gasteiger partial charge on any atom is -0.376 e. The monoisotopic (exact) mass is 493 g/mol. The van der Waals surface area contributed by atoms with Gasteiger partial charge in [-0.1, -0.05) is 48.5 Å². The van der Waals surface area contributed by atoms with Crippen molar-refractivity contribution in [3.8, 4) is 0 Å². The number of carbonyl (C=O) groups excluding carboxylic acids is 1. The fourth-order valence-corrected chi connectivity index (χ4v) is 3.67. The van der Waals surface area contributed by atoms with Crippen molar-refractivity contribution >= 4 is 61.9 Å². The predicted octanol–water partition coefficient (Wildman–Crippen LogP) is 5.47. The van der Waals surface area contributed by atoms with Gasteiger partial charge in [0.2, 0.25) is 0 Å². The van der Waals surface area contributed by atoms with Crippen molar-refractivity contribution in [3.63, 3.8) is 0 Å². The lowest BCUT2D eigenvalue weighted by atomic mass is 9.97. The van der Waals surface area contributed by atoms with E-state index in [0.717, 1.165) is 32.8 Å². The number of hydrazone groups is 1. The Labute approximate surface area is 183 Å². The maximum absolute atomic E-state index is 12.2. The van der Waals surface area contributed by atoms with Crippen LogP contribution in [0, 0.1) is 10.5 Å². The van der Waals surface area contributed by atoms with Gasteiger partial charge in [-0.3, -0.25) is 4.79 Å². The number of nitrogens with one attached hydrogen (secondary N) is 2. The van der Waals surface area contributed by atoms with Crippen molar-refractivity contribution in [2.45, 2.75) is 6.92 Å². The highest BCUT2D eigenvalue weighted by atomic mass is 127. The Morgan fingerprint density at radius 3 is 2.28 bits per heavy atom. The maximum atomic E-state index is 12.2. The normalized spacial score (nSPS) is 11.2. The molecule has 0 atom stereocenters. The molecule has 0 heterocycles. The summed E-state index contributed by atoms with van der Waals surface area (Å²) in [4.78, 5) is 12.2. The molecule has 4 rings (SSSR count). The number of fused-ring (bicyclic) bond motifs is 2. The highest BCUT2D eigenvalue weighted by Crippen LogP contribution is 2.27. The molecule has 4 nitrogen and oxygen atoms in total. The number of hydrogen-bond acceptors (Lipinski definition) is 3. The summed E-state index contributed by atoms with van der Waals surface area (Å²) in [5.41, 5.74) is 5.72. The Kier molecular flexibility index (Phi) is 5.76. The molecule has 1 amide bonds. The summed E-state index contributed by atoms with van der Waals surface area (Å²) < 4.78 is 1.20. The van der Waals surface area contributed by atoms with Gasteiger partial charge in [0.25, 0.3) is 5.91 Å². The minimum atomic E-state index is -0.193. The molecule has 29 heavy (non-hydrogen) atoms. The average molecular weight is 493 g/mol. The molecule has 0 aliphatic heterocycles. The molecule has 0 aliphatic carbocycles. The molecule has 0 spiro atoms. The van der Waals surface area contributed by atoms with E-state index in [9.17, 15) is 4.79 Å². The highest BCUT2D eigenvalue weighted by Gasteiger charge is 2.06. The number of benzene rings is 4. The van der Waals surface area contributed by atoms with Crippen LogP contribution in [-0.4, -0.2) is 18.7 Å². The first-order valence-electron chi connectivity index (χ1n) is 9.34. The summed E-state index contributed by atoms with van der Waals surface area (Å²) in [7, 11) is 0. The molecule has 0 saturated carbocycles. The summed E-state index contributed by atoms with van der Waals surface area (Å²) in [5, 5.41) is 11.9. The number of amides is 1. The first-order chi connectivity index (χ1) is 14.1. The fourth-order valence-electron chi connectivity index (χ4n) is 3.33. The zero-order valence-electron chi connectivity index (χ0n) is 15.9. The average Bonchev–Trinajstić information content (AvgIpc) is 2.74. The van der Waals surface area contributed by atoms with Gasteiger partial charge in [0, 0.05) is 14.8 Å². The summed E-state index contributed by atoms with van der Waals surface area (Å²) >= 11 is 2.29. The Morgan fingerprint density at radius 2 is 1.62 bits per heavy atom. The number of carbonyl (C=O) groups is 1. The highest BCUT2D eigenvalue weighted by molar-refractivity contribution is 14.1. The van der Waals surface area contributed by atoms with Crippen molar-refractivity contribution in [1.29, 1.82) is 0 Å². The molecule has 0 bridgehead atoms. The van der Waals surface area contributed by atoms with E-state index in [2.05, 4.69) is 68.8 Å². The van der Waals surface area contributed by atoms with Crippen molar-refractivity contribution in [2.24, 2.45) is 5.10 Å². The van der Waals surface area contributed by atoms with E-state index in [1.54, 1.807) is 6.21 Å². The van der Waals surface area contributed by atoms with Gasteiger partial charge < -0.3 is 5.32 Å². The second-order valence-corrected chi connectivity index (χ2v) is 8.01. The number of hydrogen-bond donors (Lipinski definition) is 2. The van der Waals surface area contributed by atoms with Gasteiger partial charge in [0.1, 0.15) is 0 Å². The van der Waals surface area contributed by atoms with Gasteiger partial charge in [-0.2, -0.15) is 5.10 Å². The zero-order valence-corrected chi connectivity index (χ0v) is 18.1. The lowest BCUT2D eigenvalue weighted by Gasteiger charge is -2.08. The standard InChI is InChI=1S/C24H20IN3O/c1-16-12-19(10-11-23(16)25)26-15-24(29)28-27-14-22-20-8-4-2-6-17(20)13-18-7-3-5-9-21(18)22/h2-14,26H,15H2,1H3,(H,28,29)/b27-14-. The second-order valence-electron chi connectivity index (χ2n) is 6.84. The summed E-state index contributed by atoms with van der Waals surface area (Å²) in [6.07, 6.45) is 1.73. The molecule has 4 aromatic rings. The van der Waals surface area contributed by atoms with E-state index in [-0.39, 0.29) is 12.5 Å². The second kappa shape index (κ2) is 8.61. The summed E-state index contributed by atoms with van der Waals surface area (Å²) in [6.45, 7) is 2.21. The van der Waals surface area contributed by atoms with E-state index < -0.39 is 0 Å². The van der Waals surface area contributed by atoms with Crippen LogP contribution in [0.5, 0.6) is 0 Å². The SMILES string of the molecule is Cc1cc(NCC(=O)N/N=C\c2c3ccccc3cc3ccccc23)ccc1I. The largest absolute Gasteiger partial charge is 0.376 e. The van der Waals surface area contributed by atoms with Gasteiger partial charge in [-0.05, 0) is 80.9 Å². The van der Waals surface area contributed by atoms with Crippen LogP contribution in [0.4, 0.5) is 5.69 Å². The van der Waals surface area contributed by atoms with Gasteiger partial charge in [-0.15, -0.1) is 0 Å². The molecule has 0 aliphatic rings. The minimum absolute atomic E-state index is 0.160. The third-order valence-corrected chi connectivity index (χ3v) is 6.02. The van der Waals surface area contributed by atoms with E-state index in [1.165, 1.54) is 9.13 Å². The van der Waals surface area contributed by atoms with Gasteiger partial charge >= 0.3 is 0 Å². The summed E-state index contributed by atoms with van der Waals surface area (Å²) in [5.74, 6) is -0.193. The zero-order chi connectivity index (χ0) is 20.2. The predicted molar refractivity (Wildman–Crippen MR) is 130 cm³/mol. The Balaban J connectivity index is 1.50. The van der Waals surface area contributed by atoms with E-state index >= 15 is 0 Å². The van der Waals surface area contributed by atoms with Crippen LogP contribution >= 0.6 is 22.6 Å². The summed E-state index contributed by atoms with van der Waals surface area (Å²) in [6, 6.07) is 24.6. The van der Waals surface area contributed by atoms with E-state index in [0.29, 0.717) is 0 Å². The van der Waals surface area contributed by atoms with Crippen LogP contribution in [0.1, 0.15) is 11.1 Å². The molecule has 144 valence electrons. The van der Waals surface area contributed by atoms with Crippen LogP contribution in [-0.2, 0) is 4.79 Å². The molecular weight excluding hydrogens is 473 g/mol. The molecule has 5 heteroatoms. The molecule has 4 aromatic carbocycles. The number of halogens is 1. The first kappa shape index (κ1) is 19.4. The third-order valence-electron chi connectivity index (χ3n) is 4.81. The maximum Gasteiger partial charge on any atom is 0.259 e. The Morgan fingerprint density at radius 1 is 0.966 bits per heavy atom. The molecule has 0 aromatic heterocycles. The van der Waals surface area contributed by atoms with Crippen molar-refractivity contribution in [3.05, 3.63) is 87.5 Å². The number of rotatable bonds is 5. The molecule has 0 radical (unpaired) electrons. The van der Waals surface area contributed by atoms with Crippen LogP contribution in [0.25, 0.3) is 21.5 Å². The van der Waals surface area contributed by atoms with Crippen LogP contribution in [0.15, 0.2) is 77.9 Å². The van der Waals surface area contributed by atoms with Crippen LogP contribution in [0.3, 0.4) is 0 Å². The first-order valence-corrected chi connectivity index (χ1v) is 10.4. The van der Waals surface area contributed by atoms with Crippen molar-refractivity contribution in [2.75, 3.05) is 11.9 Å². The Bertz CT molecular complexity index is 1180. The number of aryl methyl sites for hydroxylation is 1. The van der Waals surface area contributed by atoms with Crippen molar-refractivity contribution in [1.82, 2.24) is 5.43 Å². The lowest BCUT2D eigenvalue weighted by Crippen LogP contribution is -2.25. The van der Waals surface area contributed by atoms with Crippen molar-refractivity contribution < 1.29 is 4.79 Å². The molecular formula is C24H20IN3O. The van der Waals surface area contributed by atoms with E-state index in [1.807, 2.05) is 49.4 Å². The van der Waals surface area contributed by atoms with Gasteiger partial charge in [-0.25, -0.2) is 5.43 Å². The smallest absolute Gasteiger partial charge is 0.259 e. The number of anilines is 1. The molecule has 0 fully saturated rings. The Hall–Kier alpha value is -2.93. The van der Waals surface area contributed by atoms with E-state index in [4.69, 9.17) is 0 Å². The lowest BCUT2D eigenvalue weighted by molar-refractivity contribution is -0.119. The molecule has 2 N–H and O–H groups in total. The van der Waals surface area contributed by atoms with Gasteiger partial charge in [0.05, 0.1) is 12.8 Å². The molecule has 0 unspecified atom stereocenters. The van der Waals surface area contributed by atoms with Crippen LogP contribution in [0.2, 0.25) is 0 Å². The molecule has 0 saturated heterocycles. The fraction of sp³-hybridized carbons (Fsp3) is 0.0833. The number of nitrogens with zero attached hydrogens (tertiary/aromatic N) is 1. The quantitative estimate of drug-likeness (QED) is 0.168. The third kappa shape index (κ3) is 4.40. The topological polar surface area (TPSA) is 53.5 Å². The van der Waals surface area contributed by atoms with Crippen LogP contribution < -0.4 is 10.7 Å². The van der Waals surface area contributed by atoms with Gasteiger partial charge in [0.15, 0.2) is 0 Å².